The van der Waals surface area contributed by atoms with Crippen LogP contribution in [0.1, 0.15) is 20.8 Å². The lowest BCUT2D eigenvalue weighted by Crippen LogP contribution is -2.31. The fourth-order valence-electron chi connectivity index (χ4n) is 1.96. The third-order valence-corrected chi connectivity index (χ3v) is 2.81. The predicted molar refractivity (Wildman–Crippen MR) is 46.7 cm³/mol. The normalized spacial score (nSPS) is 41.7. The molecule has 70 valence electrons. The molecule has 0 aromatic heterocycles. The number of carbonyl (C=O) groups excluding carboxylic acids is 1. The van der Waals surface area contributed by atoms with Gasteiger partial charge in [0.25, 0.3) is 0 Å². The second-order valence-corrected chi connectivity index (χ2v) is 3.60. The Bertz CT molecular complexity index is 181. The Kier molecular flexibility index (Phi) is 2.85. The Hall–Kier alpha value is -0.410. The number of nitrogens with two attached hydrogens (primary N) is 1. The number of rotatable bonds is 2. The van der Waals surface area contributed by atoms with Gasteiger partial charge in [0, 0.05) is 5.92 Å². The molecule has 0 radical (unpaired) electrons. The van der Waals surface area contributed by atoms with Gasteiger partial charge in [-0.3, -0.25) is 4.79 Å². The van der Waals surface area contributed by atoms with E-state index in [0.717, 1.165) is 0 Å². The molecule has 1 aliphatic rings. The summed E-state index contributed by atoms with van der Waals surface area (Å²) in [5, 5.41) is 0. The van der Waals surface area contributed by atoms with E-state index < -0.39 is 0 Å². The Morgan fingerprint density at radius 3 is 2.25 bits per heavy atom. The van der Waals surface area contributed by atoms with Gasteiger partial charge in [-0.05, 0) is 19.8 Å². The number of hydrogen-bond donors (Lipinski definition) is 1. The zero-order valence-electron chi connectivity index (χ0n) is 7.91. The van der Waals surface area contributed by atoms with E-state index in [0.29, 0.717) is 5.92 Å². The molecule has 1 aliphatic heterocycles. The minimum atomic E-state index is 0.00463. The highest BCUT2D eigenvalue weighted by Gasteiger charge is 2.40. The Balaban J connectivity index is 2.69. The molecule has 0 aromatic rings. The van der Waals surface area contributed by atoms with Crippen molar-refractivity contribution in [3.8, 4) is 0 Å². The van der Waals surface area contributed by atoms with Crippen molar-refractivity contribution < 1.29 is 9.53 Å². The van der Waals surface area contributed by atoms with Crippen LogP contribution in [0.25, 0.3) is 0 Å². The summed E-state index contributed by atoms with van der Waals surface area (Å²) in [6.07, 6.45) is 0.214. The van der Waals surface area contributed by atoms with Crippen molar-refractivity contribution in [3.05, 3.63) is 0 Å². The van der Waals surface area contributed by atoms with E-state index in [1.54, 1.807) is 0 Å². The van der Waals surface area contributed by atoms with Gasteiger partial charge in [0.1, 0.15) is 0 Å². The van der Waals surface area contributed by atoms with Crippen LogP contribution in [-0.4, -0.2) is 24.5 Å². The van der Waals surface area contributed by atoms with Gasteiger partial charge < -0.3 is 10.5 Å². The summed E-state index contributed by atoms with van der Waals surface area (Å²) in [7, 11) is 0. The number of carbonyl (C=O) groups is 1. The number of Topliss-reactive ketones (excluding diaryl/α,β-unsaturated/α-hetero) is 1. The largest absolute Gasteiger partial charge is 0.375 e. The van der Waals surface area contributed by atoms with Crippen LogP contribution in [0.5, 0.6) is 0 Å². The van der Waals surface area contributed by atoms with E-state index in [2.05, 4.69) is 0 Å². The fourth-order valence-corrected chi connectivity index (χ4v) is 1.96. The standard InChI is InChI=1S/C9H17NO2/c1-5-6(2)12-7(3)9(5)8(11)4-10/h5-7,9H,4,10H2,1-3H3. The van der Waals surface area contributed by atoms with Gasteiger partial charge >= 0.3 is 0 Å². The van der Waals surface area contributed by atoms with Crippen LogP contribution in [0.3, 0.4) is 0 Å². The van der Waals surface area contributed by atoms with E-state index in [9.17, 15) is 4.79 Å². The highest BCUT2D eigenvalue weighted by molar-refractivity contribution is 5.83. The third kappa shape index (κ3) is 1.52. The van der Waals surface area contributed by atoms with Crippen LogP contribution in [0.2, 0.25) is 0 Å². The minimum Gasteiger partial charge on any atom is -0.375 e. The van der Waals surface area contributed by atoms with Crippen LogP contribution < -0.4 is 5.73 Å². The van der Waals surface area contributed by atoms with Crippen molar-refractivity contribution in [2.75, 3.05) is 6.54 Å². The number of hydrogen-bond acceptors (Lipinski definition) is 3. The van der Waals surface area contributed by atoms with Crippen LogP contribution in [0.15, 0.2) is 0 Å². The summed E-state index contributed by atoms with van der Waals surface area (Å²) in [4.78, 5) is 11.4. The fraction of sp³-hybridized carbons (Fsp3) is 0.889. The van der Waals surface area contributed by atoms with Crippen molar-refractivity contribution >= 4 is 5.78 Å². The molecule has 12 heavy (non-hydrogen) atoms. The van der Waals surface area contributed by atoms with Gasteiger partial charge in [-0.1, -0.05) is 6.92 Å². The van der Waals surface area contributed by atoms with Gasteiger partial charge in [0.15, 0.2) is 5.78 Å². The molecule has 3 nitrogen and oxygen atoms in total. The lowest BCUT2D eigenvalue weighted by molar-refractivity contribution is -0.123. The zero-order chi connectivity index (χ0) is 9.30. The van der Waals surface area contributed by atoms with Crippen LogP contribution in [0.4, 0.5) is 0 Å². The molecule has 0 spiro atoms. The molecule has 1 heterocycles. The van der Waals surface area contributed by atoms with Gasteiger partial charge in [-0.15, -0.1) is 0 Å². The first-order valence-corrected chi connectivity index (χ1v) is 4.46. The molecule has 0 saturated carbocycles. The summed E-state index contributed by atoms with van der Waals surface area (Å²) in [6.45, 7) is 6.13. The van der Waals surface area contributed by atoms with E-state index in [1.165, 1.54) is 0 Å². The molecule has 2 N–H and O–H groups in total. The third-order valence-electron chi connectivity index (χ3n) is 2.81. The second kappa shape index (κ2) is 3.54. The van der Waals surface area contributed by atoms with E-state index in [1.807, 2.05) is 20.8 Å². The van der Waals surface area contributed by atoms with Crippen molar-refractivity contribution in [2.24, 2.45) is 17.6 Å². The van der Waals surface area contributed by atoms with E-state index in [-0.39, 0.29) is 30.5 Å². The average Bonchev–Trinajstić information content (AvgIpc) is 2.26. The maximum atomic E-state index is 11.4. The smallest absolute Gasteiger partial charge is 0.152 e. The molecular weight excluding hydrogens is 154 g/mol. The molecule has 1 saturated heterocycles. The molecule has 4 unspecified atom stereocenters. The molecule has 0 aliphatic carbocycles. The SMILES string of the molecule is CC1OC(C)C(C(=O)CN)C1C. The number of ketones is 1. The Morgan fingerprint density at radius 1 is 1.33 bits per heavy atom. The van der Waals surface area contributed by atoms with Crippen molar-refractivity contribution in [1.82, 2.24) is 0 Å². The van der Waals surface area contributed by atoms with Crippen LogP contribution >= 0.6 is 0 Å². The second-order valence-electron chi connectivity index (χ2n) is 3.60. The molecule has 3 heteroatoms. The first kappa shape index (κ1) is 9.68. The molecule has 0 aromatic carbocycles. The first-order valence-electron chi connectivity index (χ1n) is 4.46. The Morgan fingerprint density at radius 2 is 1.92 bits per heavy atom. The van der Waals surface area contributed by atoms with Crippen molar-refractivity contribution in [1.29, 1.82) is 0 Å². The average molecular weight is 171 g/mol. The predicted octanol–water partition coefficient (Wildman–Crippen LogP) is 0.574. The molecule has 0 bridgehead atoms. The van der Waals surface area contributed by atoms with Crippen molar-refractivity contribution in [2.45, 2.75) is 33.0 Å². The van der Waals surface area contributed by atoms with Crippen molar-refractivity contribution in [3.63, 3.8) is 0 Å². The minimum absolute atomic E-state index is 0.00463. The first-order chi connectivity index (χ1) is 5.57. The monoisotopic (exact) mass is 171 g/mol. The lowest BCUT2D eigenvalue weighted by Gasteiger charge is -2.15. The Labute approximate surface area is 73.3 Å². The molecule has 1 rings (SSSR count). The number of ether oxygens (including phenoxy) is 1. The summed E-state index contributed by atoms with van der Waals surface area (Å²) < 4.78 is 5.53. The van der Waals surface area contributed by atoms with Gasteiger partial charge in [-0.2, -0.15) is 0 Å². The maximum absolute atomic E-state index is 11.4. The van der Waals surface area contributed by atoms with E-state index in [4.69, 9.17) is 10.5 Å². The van der Waals surface area contributed by atoms with E-state index >= 15 is 0 Å². The summed E-state index contributed by atoms with van der Waals surface area (Å²) in [5.41, 5.74) is 5.32. The maximum Gasteiger partial charge on any atom is 0.152 e. The van der Waals surface area contributed by atoms with Crippen LogP contribution in [-0.2, 0) is 9.53 Å². The summed E-state index contributed by atoms with van der Waals surface area (Å²) in [5.74, 6) is 0.431. The van der Waals surface area contributed by atoms with Gasteiger partial charge in [0.05, 0.1) is 18.8 Å². The quantitative estimate of drug-likeness (QED) is 0.661. The summed E-state index contributed by atoms with van der Waals surface area (Å²) in [6, 6.07) is 0. The van der Waals surface area contributed by atoms with Crippen LogP contribution in [0, 0.1) is 11.8 Å². The molecule has 1 fully saturated rings. The summed E-state index contributed by atoms with van der Waals surface area (Å²) >= 11 is 0. The zero-order valence-corrected chi connectivity index (χ0v) is 7.91. The molecule has 4 atom stereocenters. The lowest BCUT2D eigenvalue weighted by atomic mass is 9.86. The molecular formula is C9H17NO2. The topological polar surface area (TPSA) is 52.3 Å². The molecule has 0 amide bonds. The highest BCUT2D eigenvalue weighted by atomic mass is 16.5. The highest BCUT2D eigenvalue weighted by Crippen LogP contribution is 2.32. The van der Waals surface area contributed by atoms with Gasteiger partial charge in [-0.25, -0.2) is 0 Å². The van der Waals surface area contributed by atoms with Gasteiger partial charge in [0.2, 0.25) is 0 Å².